The van der Waals surface area contributed by atoms with Crippen molar-refractivity contribution in [1.29, 1.82) is 0 Å². The zero-order valence-corrected chi connectivity index (χ0v) is 32.9. The van der Waals surface area contributed by atoms with Gasteiger partial charge in [0.2, 0.25) is 0 Å². The number of benzene rings is 4. The van der Waals surface area contributed by atoms with Crippen LogP contribution in [-0.2, 0) is 41.6 Å². The van der Waals surface area contributed by atoms with Gasteiger partial charge in [-0.25, -0.2) is 28.5 Å². The maximum atomic E-state index is 15.2. The number of fused-ring (bicyclic) bond motifs is 5. The van der Waals surface area contributed by atoms with E-state index in [1.54, 1.807) is 50.4 Å². The van der Waals surface area contributed by atoms with Gasteiger partial charge in [-0.3, -0.25) is 14.4 Å². The standard InChI is InChI=1S/C46H41N5O8/c1-26-21-28(15-16-37(26)52)41-30-17-20-50-44(56)49(19-18-33-43(55)48(2)36-25-39(59-4)38(58-3)24-34(36)47-33)45(57)51(50)35(30)23-32-42(54)31(27-11-7-5-8-12-27)22-40(53)46(32,41)29-13-9-6-10-14-29/h5-17,21-22,24-25,32,35,41,52H,18-20,23H2,1-4H3. The summed E-state index contributed by atoms with van der Waals surface area (Å²) in [5.41, 5.74) is 1.76. The van der Waals surface area contributed by atoms with E-state index >= 15 is 9.59 Å². The van der Waals surface area contributed by atoms with Crippen LogP contribution in [-0.4, -0.2) is 54.4 Å². The van der Waals surface area contributed by atoms with E-state index in [4.69, 9.17) is 9.47 Å². The number of aromatic hydroxyl groups is 1. The molecule has 0 bridgehead atoms. The third-order valence-corrected chi connectivity index (χ3v) is 12.5. The number of carbonyl (C=O) groups excluding carboxylic acids is 2. The molecule has 4 unspecified atom stereocenters. The van der Waals surface area contributed by atoms with Gasteiger partial charge in [0, 0.05) is 49.6 Å². The number of aryl methyl sites for hydroxylation is 3. The topological polar surface area (TPSA) is 157 Å². The first kappa shape index (κ1) is 37.6. The fourth-order valence-electron chi connectivity index (χ4n) is 9.70. The van der Waals surface area contributed by atoms with Gasteiger partial charge in [-0.2, -0.15) is 0 Å². The van der Waals surface area contributed by atoms with E-state index in [-0.39, 0.29) is 54.5 Å². The molecule has 13 heteroatoms. The van der Waals surface area contributed by atoms with E-state index in [1.807, 2.05) is 60.7 Å². The zero-order chi connectivity index (χ0) is 41.3. The van der Waals surface area contributed by atoms with Crippen LogP contribution in [0.15, 0.2) is 123 Å². The van der Waals surface area contributed by atoms with Gasteiger partial charge in [0.1, 0.15) is 11.4 Å². The van der Waals surface area contributed by atoms with E-state index in [0.717, 1.165) is 10.1 Å². The summed E-state index contributed by atoms with van der Waals surface area (Å²) < 4.78 is 16.2. The van der Waals surface area contributed by atoms with E-state index < -0.39 is 34.7 Å². The smallest absolute Gasteiger partial charge is 0.347 e. The lowest BCUT2D eigenvalue weighted by Gasteiger charge is -2.54. The third-order valence-electron chi connectivity index (χ3n) is 12.5. The van der Waals surface area contributed by atoms with Crippen molar-refractivity contribution in [3.05, 3.63) is 168 Å². The highest BCUT2D eigenvalue weighted by Gasteiger charge is 2.63. The summed E-state index contributed by atoms with van der Waals surface area (Å²) in [4.78, 5) is 77.4. The second kappa shape index (κ2) is 14.1. The molecule has 3 aliphatic rings. The number of aromatic nitrogens is 5. The van der Waals surface area contributed by atoms with Crippen molar-refractivity contribution in [2.24, 2.45) is 13.0 Å². The molecule has 4 aromatic carbocycles. The van der Waals surface area contributed by atoms with Crippen LogP contribution in [0.4, 0.5) is 0 Å². The third kappa shape index (κ3) is 5.59. The summed E-state index contributed by atoms with van der Waals surface area (Å²) >= 11 is 0. The van der Waals surface area contributed by atoms with Gasteiger partial charge in [-0.1, -0.05) is 78.9 Å². The maximum Gasteiger partial charge on any atom is 0.347 e. The van der Waals surface area contributed by atoms with E-state index in [9.17, 15) is 19.5 Å². The Labute approximate surface area is 337 Å². The molecule has 0 spiro atoms. The van der Waals surface area contributed by atoms with Crippen LogP contribution in [0, 0.1) is 12.8 Å². The van der Waals surface area contributed by atoms with Gasteiger partial charge >= 0.3 is 11.4 Å². The number of carbonyl (C=O) groups is 2. The second-order valence-electron chi connectivity index (χ2n) is 15.4. The highest BCUT2D eigenvalue weighted by atomic mass is 16.5. The normalized spacial score (nSPS) is 21.0. The van der Waals surface area contributed by atoms with Crippen LogP contribution >= 0.6 is 0 Å². The van der Waals surface area contributed by atoms with E-state index in [2.05, 4.69) is 4.98 Å². The van der Waals surface area contributed by atoms with E-state index in [1.165, 1.54) is 34.2 Å². The number of ketones is 2. The molecule has 0 amide bonds. The van der Waals surface area contributed by atoms with Crippen molar-refractivity contribution in [3.8, 4) is 17.2 Å². The molecule has 59 heavy (non-hydrogen) atoms. The number of hydrogen-bond acceptors (Lipinski definition) is 9. The van der Waals surface area contributed by atoms with Crippen LogP contribution in [0.1, 0.15) is 46.3 Å². The summed E-state index contributed by atoms with van der Waals surface area (Å²) in [7, 11) is 4.63. The van der Waals surface area contributed by atoms with Crippen LogP contribution in [0.25, 0.3) is 16.6 Å². The lowest BCUT2D eigenvalue weighted by molar-refractivity contribution is -0.133. The fraction of sp³-hybridized carbons (Fsp3) is 0.261. The van der Waals surface area contributed by atoms with Gasteiger partial charge in [0.25, 0.3) is 5.56 Å². The largest absolute Gasteiger partial charge is 0.508 e. The first-order valence-electron chi connectivity index (χ1n) is 19.4. The van der Waals surface area contributed by atoms with Crippen molar-refractivity contribution in [3.63, 3.8) is 0 Å². The molecule has 298 valence electrons. The average Bonchev–Trinajstić information content (AvgIpc) is 3.50. The number of methoxy groups -OCH3 is 2. The number of allylic oxidation sites excluding steroid dienone is 4. The molecule has 1 N–H and O–H groups in total. The van der Waals surface area contributed by atoms with Crippen molar-refractivity contribution in [2.45, 2.75) is 50.2 Å². The average molecular weight is 792 g/mol. The number of phenolic OH excluding ortho intramolecular Hbond substituents is 1. The molecule has 0 saturated heterocycles. The molecular formula is C46H41N5O8. The molecule has 1 saturated carbocycles. The quantitative estimate of drug-likeness (QED) is 0.214. The Morgan fingerprint density at radius 3 is 2.25 bits per heavy atom. The fourth-order valence-corrected chi connectivity index (χ4v) is 9.70. The summed E-state index contributed by atoms with van der Waals surface area (Å²) in [5.74, 6) is -1.22. The first-order valence-corrected chi connectivity index (χ1v) is 19.4. The van der Waals surface area contributed by atoms with Gasteiger partial charge in [-0.05, 0) is 53.3 Å². The van der Waals surface area contributed by atoms with Crippen LogP contribution < -0.4 is 26.4 Å². The molecule has 6 aromatic rings. The minimum atomic E-state index is -1.41. The van der Waals surface area contributed by atoms with Crippen molar-refractivity contribution >= 4 is 28.2 Å². The van der Waals surface area contributed by atoms with Crippen molar-refractivity contribution in [1.82, 2.24) is 23.5 Å². The predicted octanol–water partition coefficient (Wildman–Crippen LogP) is 4.79. The minimum absolute atomic E-state index is 0.0194. The first-order chi connectivity index (χ1) is 28.5. The van der Waals surface area contributed by atoms with Crippen LogP contribution in [0.3, 0.4) is 0 Å². The summed E-state index contributed by atoms with van der Waals surface area (Å²) in [6.45, 7) is 1.67. The highest BCUT2D eigenvalue weighted by molar-refractivity contribution is 6.31. The van der Waals surface area contributed by atoms with Crippen LogP contribution in [0.2, 0.25) is 0 Å². The Kier molecular flexibility index (Phi) is 8.98. The molecule has 3 heterocycles. The summed E-state index contributed by atoms with van der Waals surface area (Å²) in [5, 5.41) is 10.6. The molecule has 2 aromatic heterocycles. The van der Waals surface area contributed by atoms with Gasteiger partial charge in [-0.15, -0.1) is 0 Å². The molecule has 1 aliphatic heterocycles. The van der Waals surface area contributed by atoms with Crippen molar-refractivity contribution in [2.75, 3.05) is 14.2 Å². The van der Waals surface area contributed by atoms with E-state index in [0.29, 0.717) is 50.4 Å². The highest BCUT2D eigenvalue weighted by Crippen LogP contribution is 2.61. The zero-order valence-electron chi connectivity index (χ0n) is 32.9. The van der Waals surface area contributed by atoms with Gasteiger partial charge in [0.15, 0.2) is 23.1 Å². The number of rotatable bonds is 8. The molecule has 2 aliphatic carbocycles. The summed E-state index contributed by atoms with van der Waals surface area (Å²) in [6, 6.07) is 26.1. The number of hydrogen-bond donors (Lipinski definition) is 1. The SMILES string of the molecule is COc1cc2nc(CCn3c(=O)n4n(c3=O)C3CC5C(=O)C(c6ccccc6)=CC(=O)C5(c5ccccc5)C(c5ccc(O)c(C)c5)C3=CC4)c(=O)n(C)c2cc1OC. The lowest BCUT2D eigenvalue weighted by atomic mass is 9.47. The molecule has 0 radical (unpaired) electrons. The number of Topliss-reactive ketones (excluding diaryl/α,β-unsaturated/α-hetero) is 1. The Hall–Kier alpha value is -7.02. The maximum absolute atomic E-state index is 15.2. The Morgan fingerprint density at radius 2 is 1.56 bits per heavy atom. The number of ether oxygens (including phenoxy) is 2. The molecular weight excluding hydrogens is 751 g/mol. The minimum Gasteiger partial charge on any atom is -0.508 e. The Balaban J connectivity index is 1.19. The molecule has 13 nitrogen and oxygen atoms in total. The monoisotopic (exact) mass is 791 g/mol. The second-order valence-corrected chi connectivity index (χ2v) is 15.4. The lowest BCUT2D eigenvalue weighted by Crippen LogP contribution is -2.58. The number of nitrogens with zero attached hydrogens (tertiary/aromatic N) is 5. The van der Waals surface area contributed by atoms with Gasteiger partial charge < -0.3 is 19.1 Å². The summed E-state index contributed by atoms with van der Waals surface area (Å²) in [6.07, 6.45) is 3.42. The Bertz CT molecular complexity index is 2970. The molecule has 9 rings (SSSR count). The van der Waals surface area contributed by atoms with Crippen molar-refractivity contribution < 1.29 is 24.2 Å². The van der Waals surface area contributed by atoms with Crippen LogP contribution in [0.5, 0.6) is 17.2 Å². The number of phenols is 1. The Morgan fingerprint density at radius 1 is 0.864 bits per heavy atom. The molecule has 4 atom stereocenters. The van der Waals surface area contributed by atoms with Gasteiger partial charge in [0.05, 0.1) is 43.3 Å². The molecule has 1 fully saturated rings. The predicted molar refractivity (Wildman–Crippen MR) is 220 cm³/mol.